The fourth-order valence-electron chi connectivity index (χ4n) is 2.37. The number of likely N-dealkylation sites (N-methyl/N-ethyl adjacent to an activating group) is 1. The standard InChI is InChI=1S/C18H26ClN3O4/c1-5-12(2)17(18(25)26-4)21-16(24)11-22(3)10-15(23)20-14-8-6-13(19)7-9-14/h6-9,12,17H,5,10-11H2,1-4H3,(H,20,23)(H,21,24)/p+1/t12-,17+/m0/s1. The van der Waals surface area contributed by atoms with E-state index in [0.29, 0.717) is 15.6 Å². The number of hydrogen-bond donors (Lipinski definition) is 3. The smallest absolute Gasteiger partial charge is 0.328 e. The van der Waals surface area contributed by atoms with Crippen molar-refractivity contribution >= 4 is 35.1 Å². The number of anilines is 1. The SMILES string of the molecule is CC[C@H](C)[C@@H](NC(=O)C[NH+](C)CC(=O)Nc1ccc(Cl)cc1)C(=O)OC. The van der Waals surface area contributed by atoms with Crippen molar-refractivity contribution in [2.24, 2.45) is 5.92 Å². The van der Waals surface area contributed by atoms with Crippen molar-refractivity contribution in [3.8, 4) is 0 Å². The summed E-state index contributed by atoms with van der Waals surface area (Å²) >= 11 is 5.80. The molecule has 0 heterocycles. The lowest BCUT2D eigenvalue weighted by Crippen LogP contribution is -3.11. The van der Waals surface area contributed by atoms with Crippen molar-refractivity contribution in [2.75, 3.05) is 32.6 Å². The summed E-state index contributed by atoms with van der Waals surface area (Å²) in [6, 6.07) is 6.09. The number of amides is 2. The number of quaternary nitrogens is 1. The van der Waals surface area contributed by atoms with Crippen LogP contribution < -0.4 is 15.5 Å². The molecule has 8 heteroatoms. The first-order valence-corrected chi connectivity index (χ1v) is 8.88. The van der Waals surface area contributed by atoms with Gasteiger partial charge in [0, 0.05) is 10.7 Å². The number of carbonyl (C=O) groups is 3. The van der Waals surface area contributed by atoms with Gasteiger partial charge in [0.05, 0.1) is 14.2 Å². The Labute approximate surface area is 159 Å². The Kier molecular flexibility index (Phi) is 9.09. The van der Waals surface area contributed by atoms with Crippen LogP contribution in [0.15, 0.2) is 24.3 Å². The molecule has 0 aromatic heterocycles. The predicted molar refractivity (Wildman–Crippen MR) is 100 cm³/mol. The minimum Gasteiger partial charge on any atom is -0.467 e. The van der Waals surface area contributed by atoms with Crippen LogP contribution in [0.3, 0.4) is 0 Å². The average Bonchev–Trinajstić information content (AvgIpc) is 2.60. The van der Waals surface area contributed by atoms with E-state index in [9.17, 15) is 14.4 Å². The molecule has 1 aromatic rings. The molecule has 0 spiro atoms. The Balaban J connectivity index is 2.50. The molecule has 1 rings (SSSR count). The third kappa shape index (κ3) is 7.41. The molecular formula is C18H27ClN3O4+. The normalized spacial score (nSPS) is 14.0. The zero-order valence-corrected chi connectivity index (χ0v) is 16.4. The van der Waals surface area contributed by atoms with Gasteiger partial charge in [-0.05, 0) is 30.2 Å². The molecule has 0 bridgehead atoms. The number of halogens is 1. The largest absolute Gasteiger partial charge is 0.467 e. The molecule has 1 unspecified atom stereocenters. The monoisotopic (exact) mass is 384 g/mol. The number of carbonyl (C=O) groups excluding carboxylic acids is 3. The molecule has 0 saturated heterocycles. The van der Waals surface area contributed by atoms with Crippen LogP contribution in [0, 0.1) is 5.92 Å². The average molecular weight is 385 g/mol. The van der Waals surface area contributed by atoms with E-state index in [4.69, 9.17) is 16.3 Å². The van der Waals surface area contributed by atoms with Crippen molar-refractivity contribution in [2.45, 2.75) is 26.3 Å². The van der Waals surface area contributed by atoms with E-state index in [-0.39, 0.29) is 30.8 Å². The first-order chi connectivity index (χ1) is 12.3. The number of esters is 1. The molecule has 0 aliphatic heterocycles. The summed E-state index contributed by atoms with van der Waals surface area (Å²) in [7, 11) is 3.03. The first-order valence-electron chi connectivity index (χ1n) is 8.50. The van der Waals surface area contributed by atoms with Gasteiger partial charge < -0.3 is 20.3 Å². The van der Waals surface area contributed by atoms with E-state index in [1.165, 1.54) is 7.11 Å². The highest BCUT2D eigenvalue weighted by Crippen LogP contribution is 2.13. The van der Waals surface area contributed by atoms with Crippen molar-refractivity contribution in [1.29, 1.82) is 0 Å². The Morgan fingerprint density at radius 3 is 2.27 bits per heavy atom. The summed E-state index contributed by atoms with van der Waals surface area (Å²) in [5.74, 6) is -1.03. The van der Waals surface area contributed by atoms with Gasteiger partial charge in [0.1, 0.15) is 6.04 Å². The summed E-state index contributed by atoms with van der Waals surface area (Å²) in [5, 5.41) is 6.03. The van der Waals surface area contributed by atoms with Gasteiger partial charge in [0.25, 0.3) is 11.8 Å². The summed E-state index contributed by atoms with van der Waals surface area (Å²) in [6.45, 7) is 3.99. The summed E-state index contributed by atoms with van der Waals surface area (Å²) in [5.41, 5.74) is 0.638. The molecule has 1 aromatic carbocycles. The topological polar surface area (TPSA) is 88.9 Å². The van der Waals surface area contributed by atoms with Gasteiger partial charge in [-0.25, -0.2) is 4.79 Å². The molecule has 0 aliphatic rings. The molecule has 144 valence electrons. The lowest BCUT2D eigenvalue weighted by Gasteiger charge is -2.22. The van der Waals surface area contributed by atoms with Gasteiger partial charge in [-0.3, -0.25) is 9.59 Å². The van der Waals surface area contributed by atoms with Gasteiger partial charge >= 0.3 is 5.97 Å². The molecule has 3 N–H and O–H groups in total. The second-order valence-electron chi connectivity index (χ2n) is 6.32. The molecule has 0 saturated carbocycles. The van der Waals surface area contributed by atoms with E-state index in [0.717, 1.165) is 6.42 Å². The van der Waals surface area contributed by atoms with Crippen molar-refractivity contribution < 1.29 is 24.0 Å². The minimum atomic E-state index is -0.687. The van der Waals surface area contributed by atoms with Gasteiger partial charge in [-0.2, -0.15) is 0 Å². The maximum absolute atomic E-state index is 12.2. The highest BCUT2D eigenvalue weighted by atomic mass is 35.5. The highest BCUT2D eigenvalue weighted by Gasteiger charge is 2.27. The second kappa shape index (κ2) is 10.8. The molecule has 0 radical (unpaired) electrons. The van der Waals surface area contributed by atoms with E-state index < -0.39 is 12.0 Å². The summed E-state index contributed by atoms with van der Waals surface area (Å²) in [6.07, 6.45) is 0.728. The number of hydrogen-bond acceptors (Lipinski definition) is 4. The Morgan fingerprint density at radius 1 is 1.15 bits per heavy atom. The lowest BCUT2D eigenvalue weighted by atomic mass is 9.99. The molecule has 2 amide bonds. The maximum atomic E-state index is 12.2. The van der Waals surface area contributed by atoms with Crippen LogP contribution in [0.25, 0.3) is 0 Å². The van der Waals surface area contributed by atoms with Gasteiger partial charge in [-0.15, -0.1) is 0 Å². The zero-order valence-electron chi connectivity index (χ0n) is 15.6. The van der Waals surface area contributed by atoms with Crippen LogP contribution in [0.2, 0.25) is 5.02 Å². The van der Waals surface area contributed by atoms with Crippen molar-refractivity contribution in [3.63, 3.8) is 0 Å². The van der Waals surface area contributed by atoms with E-state index in [2.05, 4.69) is 10.6 Å². The third-order valence-electron chi connectivity index (χ3n) is 4.04. The van der Waals surface area contributed by atoms with Crippen LogP contribution in [-0.2, 0) is 19.1 Å². The fraction of sp³-hybridized carbons (Fsp3) is 0.500. The minimum absolute atomic E-state index is 0.0418. The van der Waals surface area contributed by atoms with E-state index >= 15 is 0 Å². The first kappa shape index (κ1) is 21.9. The van der Waals surface area contributed by atoms with Gasteiger partial charge in [0.2, 0.25) is 0 Å². The Bertz CT molecular complexity index is 621. The van der Waals surface area contributed by atoms with Crippen molar-refractivity contribution in [1.82, 2.24) is 5.32 Å². The molecule has 7 nitrogen and oxygen atoms in total. The number of benzene rings is 1. The second-order valence-corrected chi connectivity index (χ2v) is 6.76. The quantitative estimate of drug-likeness (QED) is 0.541. The van der Waals surface area contributed by atoms with E-state index in [1.807, 2.05) is 13.8 Å². The molecule has 0 fully saturated rings. The van der Waals surface area contributed by atoms with Crippen LogP contribution in [0.4, 0.5) is 5.69 Å². The van der Waals surface area contributed by atoms with Crippen LogP contribution in [0.5, 0.6) is 0 Å². The lowest BCUT2D eigenvalue weighted by molar-refractivity contribution is -0.862. The van der Waals surface area contributed by atoms with Crippen LogP contribution in [-0.4, -0.2) is 51.1 Å². The molecular weight excluding hydrogens is 358 g/mol. The van der Waals surface area contributed by atoms with Gasteiger partial charge in [0.15, 0.2) is 13.1 Å². The number of methoxy groups -OCH3 is 1. The summed E-state index contributed by atoms with van der Waals surface area (Å²) in [4.78, 5) is 36.8. The number of rotatable bonds is 9. The molecule has 26 heavy (non-hydrogen) atoms. The summed E-state index contributed by atoms with van der Waals surface area (Å²) < 4.78 is 4.75. The predicted octanol–water partition coefficient (Wildman–Crippen LogP) is 0.497. The number of nitrogens with one attached hydrogen (secondary N) is 3. The van der Waals surface area contributed by atoms with Crippen LogP contribution >= 0.6 is 11.6 Å². The molecule has 3 atom stereocenters. The van der Waals surface area contributed by atoms with Crippen LogP contribution in [0.1, 0.15) is 20.3 Å². The highest BCUT2D eigenvalue weighted by molar-refractivity contribution is 6.30. The third-order valence-corrected chi connectivity index (χ3v) is 4.29. The van der Waals surface area contributed by atoms with E-state index in [1.54, 1.807) is 31.3 Å². The van der Waals surface area contributed by atoms with Crippen molar-refractivity contribution in [3.05, 3.63) is 29.3 Å². The maximum Gasteiger partial charge on any atom is 0.328 e. The van der Waals surface area contributed by atoms with Gasteiger partial charge in [-0.1, -0.05) is 31.9 Å². The zero-order chi connectivity index (χ0) is 19.7. The number of ether oxygens (including phenoxy) is 1. The Morgan fingerprint density at radius 2 is 1.73 bits per heavy atom. The Hall–Kier alpha value is -2.12. The fourth-order valence-corrected chi connectivity index (χ4v) is 2.50. The molecule has 0 aliphatic carbocycles.